The van der Waals surface area contributed by atoms with Crippen LogP contribution in [0.5, 0.6) is 0 Å². The van der Waals surface area contributed by atoms with Gasteiger partial charge in [-0.15, -0.1) is 0 Å². The topological polar surface area (TPSA) is 83.7 Å². The van der Waals surface area contributed by atoms with E-state index in [0.717, 1.165) is 23.4 Å². The Kier molecular flexibility index (Phi) is 2.98. The minimum Gasteiger partial charge on any atom is -0.368 e. The fourth-order valence-corrected chi connectivity index (χ4v) is 2.29. The summed E-state index contributed by atoms with van der Waals surface area (Å²) < 4.78 is 0. The Morgan fingerprint density at radius 1 is 1.30 bits per heavy atom. The zero-order valence-corrected chi connectivity index (χ0v) is 11.5. The van der Waals surface area contributed by atoms with E-state index in [1.54, 1.807) is 6.20 Å². The molecule has 6 heteroatoms. The maximum Gasteiger partial charge on any atom is 0.224 e. The Balaban J connectivity index is 2.18. The van der Waals surface area contributed by atoms with Gasteiger partial charge < -0.3 is 10.6 Å². The van der Waals surface area contributed by atoms with Gasteiger partial charge in [0.2, 0.25) is 5.95 Å². The SMILES string of the molecule is CCN(c1cccc(C)c1)c1nc(N)nc2[nH]ncc12. The predicted molar refractivity (Wildman–Crippen MR) is 80.0 cm³/mol. The number of anilines is 3. The van der Waals surface area contributed by atoms with Crippen molar-refractivity contribution in [3.63, 3.8) is 0 Å². The highest BCUT2D eigenvalue weighted by Gasteiger charge is 2.15. The first-order chi connectivity index (χ1) is 9.69. The number of nitrogens with two attached hydrogens (primary N) is 1. The van der Waals surface area contributed by atoms with Crippen molar-refractivity contribution in [2.75, 3.05) is 17.2 Å². The van der Waals surface area contributed by atoms with Crippen molar-refractivity contribution in [2.45, 2.75) is 13.8 Å². The van der Waals surface area contributed by atoms with Crippen molar-refractivity contribution in [3.05, 3.63) is 36.0 Å². The van der Waals surface area contributed by atoms with Gasteiger partial charge in [0.05, 0.1) is 11.6 Å². The van der Waals surface area contributed by atoms with Crippen LogP contribution in [0.3, 0.4) is 0 Å². The summed E-state index contributed by atoms with van der Waals surface area (Å²) in [6, 6.07) is 8.28. The molecule has 6 nitrogen and oxygen atoms in total. The molecule has 0 aliphatic rings. The quantitative estimate of drug-likeness (QED) is 0.762. The number of aryl methyl sites for hydroxylation is 1. The number of benzene rings is 1. The zero-order valence-electron chi connectivity index (χ0n) is 11.5. The molecule has 0 bridgehead atoms. The number of H-pyrrole nitrogens is 1. The molecular weight excluding hydrogens is 252 g/mol. The van der Waals surface area contributed by atoms with E-state index in [-0.39, 0.29) is 5.95 Å². The molecule has 0 saturated carbocycles. The fourth-order valence-electron chi connectivity index (χ4n) is 2.29. The molecule has 0 unspecified atom stereocenters. The highest BCUT2D eigenvalue weighted by Crippen LogP contribution is 2.29. The Morgan fingerprint density at radius 3 is 2.90 bits per heavy atom. The van der Waals surface area contributed by atoms with Crippen molar-refractivity contribution in [1.29, 1.82) is 0 Å². The third-order valence-corrected chi connectivity index (χ3v) is 3.19. The lowest BCUT2D eigenvalue weighted by Crippen LogP contribution is -2.18. The number of hydrogen-bond acceptors (Lipinski definition) is 5. The molecule has 2 aromatic heterocycles. The summed E-state index contributed by atoms with van der Waals surface area (Å²) in [5.74, 6) is 1.01. The molecule has 3 N–H and O–H groups in total. The van der Waals surface area contributed by atoms with Crippen LogP contribution in [0, 0.1) is 6.92 Å². The van der Waals surface area contributed by atoms with E-state index >= 15 is 0 Å². The average Bonchev–Trinajstić information content (AvgIpc) is 2.87. The number of nitrogen functional groups attached to an aromatic ring is 1. The summed E-state index contributed by atoms with van der Waals surface area (Å²) in [7, 11) is 0. The van der Waals surface area contributed by atoms with Crippen LogP contribution < -0.4 is 10.6 Å². The summed E-state index contributed by atoms with van der Waals surface area (Å²) >= 11 is 0. The average molecular weight is 268 g/mol. The number of nitrogens with one attached hydrogen (secondary N) is 1. The van der Waals surface area contributed by atoms with Crippen molar-refractivity contribution in [1.82, 2.24) is 20.2 Å². The van der Waals surface area contributed by atoms with E-state index in [1.165, 1.54) is 5.56 Å². The predicted octanol–water partition coefficient (Wildman–Crippen LogP) is 2.40. The van der Waals surface area contributed by atoms with Gasteiger partial charge in [0.15, 0.2) is 5.65 Å². The molecule has 3 aromatic rings. The Hall–Kier alpha value is -2.63. The van der Waals surface area contributed by atoms with Crippen LogP contribution in [0.25, 0.3) is 11.0 Å². The summed E-state index contributed by atoms with van der Waals surface area (Å²) in [5.41, 5.74) is 8.72. The van der Waals surface area contributed by atoms with Gasteiger partial charge in [0, 0.05) is 12.2 Å². The van der Waals surface area contributed by atoms with Crippen LogP contribution in [-0.2, 0) is 0 Å². The highest BCUT2D eigenvalue weighted by atomic mass is 15.2. The standard InChI is InChI=1S/C14H16N6/c1-3-20(10-6-4-5-9(2)7-10)13-11-8-16-19-12(11)17-14(15)18-13/h4-8H,3H2,1-2H3,(H3,15,16,17,18,19). The normalized spacial score (nSPS) is 10.9. The van der Waals surface area contributed by atoms with Crippen LogP contribution in [0.1, 0.15) is 12.5 Å². The van der Waals surface area contributed by atoms with Crippen molar-refractivity contribution in [2.24, 2.45) is 0 Å². The minimum atomic E-state index is 0.239. The molecule has 0 saturated heterocycles. The summed E-state index contributed by atoms with van der Waals surface area (Å²) in [6.07, 6.45) is 1.72. The molecule has 0 spiro atoms. The second kappa shape index (κ2) is 4.80. The fraction of sp³-hybridized carbons (Fsp3) is 0.214. The Morgan fingerprint density at radius 2 is 2.15 bits per heavy atom. The molecule has 0 aliphatic carbocycles. The summed E-state index contributed by atoms with van der Waals surface area (Å²) in [5, 5.41) is 7.72. The van der Waals surface area contributed by atoms with Crippen molar-refractivity contribution < 1.29 is 0 Å². The minimum absolute atomic E-state index is 0.239. The van der Waals surface area contributed by atoms with E-state index in [0.29, 0.717) is 5.65 Å². The maximum absolute atomic E-state index is 5.79. The monoisotopic (exact) mass is 268 g/mol. The molecule has 0 atom stereocenters. The number of hydrogen-bond donors (Lipinski definition) is 2. The molecule has 0 aliphatic heterocycles. The van der Waals surface area contributed by atoms with E-state index in [1.807, 2.05) is 6.07 Å². The van der Waals surface area contributed by atoms with Gasteiger partial charge in [0.1, 0.15) is 5.82 Å². The second-order valence-electron chi connectivity index (χ2n) is 4.62. The molecule has 0 fully saturated rings. The van der Waals surface area contributed by atoms with Crippen LogP contribution in [0.2, 0.25) is 0 Å². The van der Waals surface area contributed by atoms with Crippen molar-refractivity contribution in [3.8, 4) is 0 Å². The second-order valence-corrected chi connectivity index (χ2v) is 4.62. The van der Waals surface area contributed by atoms with Crippen LogP contribution >= 0.6 is 0 Å². The third kappa shape index (κ3) is 2.05. The van der Waals surface area contributed by atoms with E-state index in [2.05, 4.69) is 57.1 Å². The largest absolute Gasteiger partial charge is 0.368 e. The van der Waals surface area contributed by atoms with E-state index < -0.39 is 0 Å². The van der Waals surface area contributed by atoms with Gasteiger partial charge >= 0.3 is 0 Å². The van der Waals surface area contributed by atoms with Gasteiger partial charge in [-0.05, 0) is 31.5 Å². The summed E-state index contributed by atoms with van der Waals surface area (Å²) in [4.78, 5) is 10.6. The molecule has 0 amide bonds. The first-order valence-electron chi connectivity index (χ1n) is 6.50. The van der Waals surface area contributed by atoms with Crippen LogP contribution in [0.15, 0.2) is 30.5 Å². The van der Waals surface area contributed by atoms with Gasteiger partial charge in [-0.2, -0.15) is 15.1 Å². The maximum atomic E-state index is 5.79. The molecule has 0 radical (unpaired) electrons. The first-order valence-corrected chi connectivity index (χ1v) is 6.50. The molecular formula is C14H16N6. The van der Waals surface area contributed by atoms with E-state index in [4.69, 9.17) is 5.73 Å². The van der Waals surface area contributed by atoms with Crippen LogP contribution in [-0.4, -0.2) is 26.7 Å². The van der Waals surface area contributed by atoms with Gasteiger partial charge in [-0.3, -0.25) is 5.10 Å². The van der Waals surface area contributed by atoms with E-state index in [9.17, 15) is 0 Å². The molecule has 3 rings (SSSR count). The number of rotatable bonds is 3. The van der Waals surface area contributed by atoms with Crippen molar-refractivity contribution >= 4 is 28.5 Å². The third-order valence-electron chi connectivity index (χ3n) is 3.19. The molecule has 2 heterocycles. The highest BCUT2D eigenvalue weighted by molar-refractivity contribution is 5.89. The Bertz CT molecular complexity index is 748. The lowest BCUT2D eigenvalue weighted by atomic mass is 10.2. The number of nitrogens with zero attached hydrogens (tertiary/aromatic N) is 4. The Labute approximate surface area is 116 Å². The zero-order chi connectivity index (χ0) is 14.1. The van der Waals surface area contributed by atoms with Gasteiger partial charge in [0.25, 0.3) is 0 Å². The summed E-state index contributed by atoms with van der Waals surface area (Å²) in [6.45, 7) is 4.92. The number of aromatic nitrogens is 4. The van der Waals surface area contributed by atoms with Crippen LogP contribution in [0.4, 0.5) is 17.5 Å². The first kappa shape index (κ1) is 12.4. The molecule has 102 valence electrons. The van der Waals surface area contributed by atoms with Gasteiger partial charge in [-0.1, -0.05) is 12.1 Å². The smallest absolute Gasteiger partial charge is 0.224 e. The lowest BCUT2D eigenvalue weighted by molar-refractivity contribution is 0.991. The van der Waals surface area contributed by atoms with Gasteiger partial charge in [-0.25, -0.2) is 0 Å². The molecule has 1 aromatic carbocycles. The number of fused-ring (bicyclic) bond motifs is 1. The lowest BCUT2D eigenvalue weighted by Gasteiger charge is -2.23. The molecule has 20 heavy (non-hydrogen) atoms. The number of aromatic amines is 1.